The number of benzene rings is 1. The van der Waals surface area contributed by atoms with Crippen LogP contribution in [0.25, 0.3) is 11.3 Å². The Balaban J connectivity index is 1.47. The van der Waals surface area contributed by atoms with Gasteiger partial charge in [0, 0.05) is 36.0 Å². The molecule has 3 atom stereocenters. The number of anilines is 2. The van der Waals surface area contributed by atoms with Crippen LogP contribution in [0.15, 0.2) is 36.7 Å². The van der Waals surface area contributed by atoms with Gasteiger partial charge in [-0.15, -0.1) is 0 Å². The summed E-state index contributed by atoms with van der Waals surface area (Å²) in [6, 6.07) is 7.56. The highest BCUT2D eigenvalue weighted by atomic mass is 35.5. The largest absolute Gasteiger partial charge is 0.493 e. The molecule has 8 nitrogen and oxygen atoms in total. The van der Waals surface area contributed by atoms with E-state index < -0.39 is 0 Å². The molecule has 1 saturated carbocycles. The molecule has 2 aliphatic heterocycles. The van der Waals surface area contributed by atoms with Crippen molar-refractivity contribution >= 4 is 28.9 Å². The molecule has 0 radical (unpaired) electrons. The Bertz CT molecular complexity index is 1290. The molecule has 1 amide bonds. The van der Waals surface area contributed by atoms with Crippen molar-refractivity contribution in [2.75, 3.05) is 25.6 Å². The van der Waals surface area contributed by atoms with Gasteiger partial charge >= 0.3 is 0 Å². The van der Waals surface area contributed by atoms with E-state index in [-0.39, 0.29) is 24.0 Å². The highest BCUT2D eigenvalue weighted by Gasteiger charge is 2.41. The normalized spacial score (nSPS) is 22.6. The van der Waals surface area contributed by atoms with Crippen molar-refractivity contribution in [3.63, 3.8) is 0 Å². The van der Waals surface area contributed by atoms with Crippen molar-refractivity contribution in [2.24, 2.45) is 0 Å². The molecule has 2 aromatic heterocycles. The molecular weight excluding hydrogens is 480 g/mol. The van der Waals surface area contributed by atoms with Crippen molar-refractivity contribution in [2.45, 2.75) is 50.2 Å². The van der Waals surface area contributed by atoms with E-state index in [9.17, 15) is 4.79 Å². The zero-order valence-corrected chi connectivity index (χ0v) is 20.9. The van der Waals surface area contributed by atoms with Crippen molar-refractivity contribution in [1.82, 2.24) is 15.3 Å². The van der Waals surface area contributed by atoms with Gasteiger partial charge in [0.15, 0.2) is 5.75 Å². The zero-order valence-electron chi connectivity index (χ0n) is 20.1. The van der Waals surface area contributed by atoms with Gasteiger partial charge in [0.05, 0.1) is 47.1 Å². The van der Waals surface area contributed by atoms with Crippen LogP contribution in [-0.4, -0.2) is 48.3 Å². The zero-order chi connectivity index (χ0) is 24.6. The number of H-pyrrole nitrogens is 1. The number of aromatic nitrogens is 2. The highest BCUT2D eigenvalue weighted by Crippen LogP contribution is 2.48. The fourth-order valence-corrected chi connectivity index (χ4v) is 5.94. The van der Waals surface area contributed by atoms with Crippen LogP contribution in [0.3, 0.4) is 0 Å². The van der Waals surface area contributed by atoms with E-state index in [1.165, 1.54) is 0 Å². The first-order valence-corrected chi connectivity index (χ1v) is 12.9. The number of amides is 1. The van der Waals surface area contributed by atoms with E-state index in [0.717, 1.165) is 55.7 Å². The lowest BCUT2D eigenvalue weighted by Gasteiger charge is -2.27. The number of pyridine rings is 1. The maximum atomic E-state index is 13.4. The van der Waals surface area contributed by atoms with Gasteiger partial charge in [0.1, 0.15) is 12.4 Å². The number of carbonyl (C=O) groups is 1. The van der Waals surface area contributed by atoms with Gasteiger partial charge in [-0.3, -0.25) is 9.78 Å². The molecule has 1 aliphatic carbocycles. The predicted octanol–water partition coefficient (Wildman–Crippen LogP) is 5.42. The van der Waals surface area contributed by atoms with E-state index >= 15 is 0 Å². The van der Waals surface area contributed by atoms with Crippen LogP contribution >= 0.6 is 11.6 Å². The summed E-state index contributed by atoms with van der Waals surface area (Å²) in [4.78, 5) is 21.3. The number of fused-ring (bicyclic) bond motifs is 3. The average molecular weight is 509 g/mol. The maximum Gasteiger partial charge on any atom is 0.255 e. The lowest BCUT2D eigenvalue weighted by atomic mass is 9.91. The number of nitrogens with zero attached hydrogens (tertiary/aromatic N) is 1. The first-order chi connectivity index (χ1) is 17.6. The monoisotopic (exact) mass is 508 g/mol. The Hall–Kier alpha value is -3.23. The molecule has 3 aliphatic rings. The molecule has 2 unspecified atom stereocenters. The van der Waals surface area contributed by atoms with Gasteiger partial charge in [0.2, 0.25) is 0 Å². The Morgan fingerprint density at radius 2 is 2.14 bits per heavy atom. The van der Waals surface area contributed by atoms with Crippen LogP contribution in [-0.2, 0) is 4.74 Å². The van der Waals surface area contributed by atoms with Gasteiger partial charge < -0.3 is 29.8 Å². The molecule has 36 heavy (non-hydrogen) atoms. The summed E-state index contributed by atoms with van der Waals surface area (Å²) in [5, 5.41) is 7.18. The van der Waals surface area contributed by atoms with Crippen LogP contribution in [0, 0.1) is 0 Å². The molecule has 188 valence electrons. The van der Waals surface area contributed by atoms with Gasteiger partial charge in [-0.1, -0.05) is 24.1 Å². The smallest absolute Gasteiger partial charge is 0.255 e. The number of para-hydroxylation sites is 1. The quantitative estimate of drug-likeness (QED) is 0.394. The van der Waals surface area contributed by atoms with Gasteiger partial charge in [-0.25, -0.2) is 0 Å². The first kappa shape index (κ1) is 23.2. The number of halogens is 1. The van der Waals surface area contributed by atoms with Crippen LogP contribution in [0.5, 0.6) is 11.5 Å². The SMILES string of the molecule is COc1c(Cl)cccc1Nc1c(-c2ccncc2OC[C@@H]2CCCO2)[nH]c2c1C(=O)NC1CCCC21. The minimum absolute atomic E-state index is 0.0771. The molecule has 9 heteroatoms. The topological polar surface area (TPSA) is 97.5 Å². The van der Waals surface area contributed by atoms with E-state index in [1.54, 1.807) is 25.6 Å². The van der Waals surface area contributed by atoms with E-state index in [0.29, 0.717) is 40.1 Å². The summed E-state index contributed by atoms with van der Waals surface area (Å²) in [5.74, 6) is 1.30. The second-order valence-corrected chi connectivity index (χ2v) is 9.95. The molecule has 3 N–H and O–H groups in total. The third kappa shape index (κ3) is 4.08. The third-order valence-electron chi connectivity index (χ3n) is 7.39. The number of hydrogen-bond acceptors (Lipinski definition) is 6. The second-order valence-electron chi connectivity index (χ2n) is 9.54. The fourth-order valence-electron chi connectivity index (χ4n) is 5.69. The van der Waals surface area contributed by atoms with Crippen LogP contribution < -0.4 is 20.1 Å². The molecular formula is C27H29ClN4O4. The number of carbonyl (C=O) groups excluding carboxylic acids is 1. The summed E-state index contributed by atoms with van der Waals surface area (Å²) in [6.45, 7) is 1.22. The number of nitrogens with one attached hydrogen (secondary N) is 3. The number of aromatic amines is 1. The van der Waals surface area contributed by atoms with Crippen LogP contribution in [0.1, 0.15) is 54.1 Å². The lowest BCUT2D eigenvalue weighted by molar-refractivity contribution is 0.0680. The molecule has 0 bridgehead atoms. The predicted molar refractivity (Wildman–Crippen MR) is 138 cm³/mol. The Morgan fingerprint density at radius 1 is 1.22 bits per heavy atom. The second kappa shape index (κ2) is 9.67. The van der Waals surface area contributed by atoms with Gasteiger partial charge in [-0.05, 0) is 43.9 Å². The summed E-state index contributed by atoms with van der Waals surface area (Å²) >= 11 is 6.41. The van der Waals surface area contributed by atoms with E-state index in [2.05, 4.69) is 20.6 Å². The standard InChI is InChI=1S/C27H29ClN4O4/c1-34-26-18(28)7-3-9-20(26)30-25-22-23(16-6-2-8-19(16)31-27(22)33)32-24(25)17-10-11-29-13-21(17)36-14-15-5-4-12-35-15/h3,7,9-11,13,15-16,19,30,32H,2,4-6,8,12,14H2,1H3,(H,31,33)/t15-,16?,19?/m0/s1. The highest BCUT2D eigenvalue weighted by molar-refractivity contribution is 6.32. The molecule has 1 aromatic carbocycles. The number of hydrogen-bond donors (Lipinski definition) is 3. The molecule has 4 heterocycles. The van der Waals surface area contributed by atoms with E-state index in [1.807, 2.05) is 18.2 Å². The number of ether oxygens (including phenoxy) is 3. The Labute approximate surface area is 214 Å². The molecule has 2 fully saturated rings. The lowest BCUT2D eigenvalue weighted by Crippen LogP contribution is -2.41. The minimum atomic E-state index is -0.0879. The number of rotatable bonds is 7. The van der Waals surface area contributed by atoms with Gasteiger partial charge in [-0.2, -0.15) is 0 Å². The van der Waals surface area contributed by atoms with Crippen LogP contribution in [0.4, 0.5) is 11.4 Å². The summed E-state index contributed by atoms with van der Waals surface area (Å²) in [7, 11) is 1.58. The van der Waals surface area contributed by atoms with Crippen molar-refractivity contribution in [1.29, 1.82) is 0 Å². The average Bonchev–Trinajstić information content (AvgIpc) is 3.64. The maximum absolute atomic E-state index is 13.4. The molecule has 6 rings (SSSR count). The summed E-state index contributed by atoms with van der Waals surface area (Å²) in [5.41, 5.74) is 4.52. The van der Waals surface area contributed by atoms with Crippen molar-refractivity contribution in [3.8, 4) is 22.8 Å². The Kier molecular flexibility index (Phi) is 6.23. The number of methoxy groups -OCH3 is 1. The van der Waals surface area contributed by atoms with Gasteiger partial charge in [0.25, 0.3) is 5.91 Å². The van der Waals surface area contributed by atoms with E-state index in [4.69, 9.17) is 25.8 Å². The third-order valence-corrected chi connectivity index (χ3v) is 7.69. The minimum Gasteiger partial charge on any atom is -0.493 e. The summed E-state index contributed by atoms with van der Waals surface area (Å²) < 4.78 is 17.5. The molecule has 0 spiro atoms. The fraction of sp³-hybridized carbons (Fsp3) is 0.407. The van der Waals surface area contributed by atoms with Crippen molar-refractivity contribution < 1.29 is 19.0 Å². The first-order valence-electron chi connectivity index (χ1n) is 12.5. The van der Waals surface area contributed by atoms with Crippen molar-refractivity contribution in [3.05, 3.63) is 52.9 Å². The summed E-state index contributed by atoms with van der Waals surface area (Å²) in [6.07, 6.45) is 8.65. The molecule has 1 saturated heterocycles. The Morgan fingerprint density at radius 3 is 2.97 bits per heavy atom. The van der Waals surface area contributed by atoms with Crippen LogP contribution in [0.2, 0.25) is 5.02 Å². The molecule has 3 aromatic rings.